The number of nitrogens with one attached hydrogen (secondary N) is 2. The predicted octanol–water partition coefficient (Wildman–Crippen LogP) is 1.74. The number of aryl methyl sites for hydroxylation is 2. The number of nitrogens with zero attached hydrogens (tertiary/aromatic N) is 7. The number of guanidine groups is 1. The van der Waals surface area contributed by atoms with Crippen molar-refractivity contribution in [2.24, 2.45) is 4.99 Å². The van der Waals surface area contributed by atoms with Crippen molar-refractivity contribution in [1.29, 1.82) is 0 Å². The Morgan fingerprint density at radius 1 is 1.36 bits per heavy atom. The molecule has 0 saturated heterocycles. The number of halogens is 1. The molecular formula is C18H32IN9. The summed E-state index contributed by atoms with van der Waals surface area (Å²) in [6, 6.07) is 0.304. The highest BCUT2D eigenvalue weighted by Gasteiger charge is 2.23. The molecule has 3 heterocycles. The maximum absolute atomic E-state index is 4.72. The van der Waals surface area contributed by atoms with E-state index in [1.54, 1.807) is 6.33 Å². The number of aliphatic imine (C=N–C) groups is 1. The first-order valence-corrected chi connectivity index (χ1v) is 9.95. The van der Waals surface area contributed by atoms with Gasteiger partial charge >= 0.3 is 0 Å². The second kappa shape index (κ2) is 10.7. The van der Waals surface area contributed by atoms with Gasteiger partial charge in [-0.2, -0.15) is 5.10 Å². The van der Waals surface area contributed by atoms with E-state index in [0.717, 1.165) is 62.3 Å². The fourth-order valence-corrected chi connectivity index (χ4v) is 3.21. The number of fused-ring (bicyclic) bond motifs is 1. The van der Waals surface area contributed by atoms with E-state index < -0.39 is 0 Å². The van der Waals surface area contributed by atoms with Gasteiger partial charge in [0.2, 0.25) is 0 Å². The van der Waals surface area contributed by atoms with Crippen LogP contribution in [0.2, 0.25) is 0 Å². The summed E-state index contributed by atoms with van der Waals surface area (Å²) in [5.74, 6) is 4.24. The van der Waals surface area contributed by atoms with Gasteiger partial charge in [0.1, 0.15) is 18.0 Å². The van der Waals surface area contributed by atoms with Crippen LogP contribution in [0.1, 0.15) is 57.5 Å². The van der Waals surface area contributed by atoms with Gasteiger partial charge in [0.25, 0.3) is 0 Å². The Bertz CT molecular complexity index is 765. The summed E-state index contributed by atoms with van der Waals surface area (Å²) in [5, 5.41) is 19.6. The quantitative estimate of drug-likeness (QED) is 0.341. The molecule has 0 amide bonds. The van der Waals surface area contributed by atoms with Crippen molar-refractivity contribution in [3.8, 4) is 0 Å². The standard InChI is InChI=1S/C18H31N9.HI/c1-5-15-24-21-12-26(15)10-9-20-18(19-6-2)22-14-7-8-16-23-17(13(3)4)25-27(16)11-14;/h12-14H,5-11H2,1-4H3,(H2,19,20,22);1H. The molecule has 2 aromatic rings. The van der Waals surface area contributed by atoms with Crippen molar-refractivity contribution in [1.82, 2.24) is 40.2 Å². The zero-order chi connectivity index (χ0) is 19.2. The molecule has 0 radical (unpaired) electrons. The summed E-state index contributed by atoms with van der Waals surface area (Å²) in [4.78, 5) is 9.38. The third-order valence-electron chi connectivity index (χ3n) is 4.70. The van der Waals surface area contributed by atoms with E-state index >= 15 is 0 Å². The van der Waals surface area contributed by atoms with Crippen LogP contribution in [0.15, 0.2) is 11.3 Å². The molecule has 10 heteroatoms. The lowest BCUT2D eigenvalue weighted by Crippen LogP contribution is -2.47. The highest BCUT2D eigenvalue weighted by molar-refractivity contribution is 14.0. The number of aromatic nitrogens is 6. The smallest absolute Gasteiger partial charge is 0.191 e. The summed E-state index contributed by atoms with van der Waals surface area (Å²) < 4.78 is 4.10. The fraction of sp³-hybridized carbons (Fsp3) is 0.722. The molecule has 1 unspecified atom stereocenters. The molecule has 1 aliphatic rings. The fourth-order valence-electron chi connectivity index (χ4n) is 3.21. The molecule has 0 spiro atoms. The lowest BCUT2D eigenvalue weighted by Gasteiger charge is -2.25. The molecule has 0 saturated carbocycles. The van der Waals surface area contributed by atoms with Crippen molar-refractivity contribution in [3.05, 3.63) is 23.8 Å². The first-order valence-electron chi connectivity index (χ1n) is 9.95. The maximum atomic E-state index is 4.72. The van der Waals surface area contributed by atoms with Gasteiger partial charge in [-0.05, 0) is 13.3 Å². The summed E-state index contributed by atoms with van der Waals surface area (Å²) in [5.41, 5.74) is 0. The van der Waals surface area contributed by atoms with Crippen molar-refractivity contribution >= 4 is 29.9 Å². The van der Waals surface area contributed by atoms with E-state index in [2.05, 4.69) is 63.2 Å². The van der Waals surface area contributed by atoms with E-state index in [9.17, 15) is 0 Å². The second-order valence-electron chi connectivity index (χ2n) is 7.16. The summed E-state index contributed by atoms with van der Waals surface area (Å²) in [7, 11) is 0. The van der Waals surface area contributed by atoms with Crippen molar-refractivity contribution in [2.45, 2.75) is 72.0 Å². The second-order valence-corrected chi connectivity index (χ2v) is 7.16. The van der Waals surface area contributed by atoms with Crippen LogP contribution in [-0.4, -0.2) is 54.6 Å². The van der Waals surface area contributed by atoms with Gasteiger partial charge < -0.3 is 15.2 Å². The monoisotopic (exact) mass is 501 g/mol. The SMILES string of the molecule is CCNC(=NCCn1cnnc1CC)NC1CCc2nc(C(C)C)nn2C1.I. The highest BCUT2D eigenvalue weighted by atomic mass is 127. The van der Waals surface area contributed by atoms with Crippen molar-refractivity contribution < 1.29 is 0 Å². The Labute approximate surface area is 183 Å². The third-order valence-corrected chi connectivity index (χ3v) is 4.70. The maximum Gasteiger partial charge on any atom is 0.191 e. The van der Waals surface area contributed by atoms with Gasteiger partial charge in [0.15, 0.2) is 11.8 Å². The number of hydrogen-bond donors (Lipinski definition) is 2. The average Bonchev–Trinajstić information content (AvgIpc) is 3.27. The minimum Gasteiger partial charge on any atom is -0.357 e. The van der Waals surface area contributed by atoms with Gasteiger partial charge in [-0.25, -0.2) is 9.67 Å². The van der Waals surface area contributed by atoms with Crippen LogP contribution in [0.4, 0.5) is 0 Å². The number of hydrogen-bond acceptors (Lipinski definition) is 5. The molecule has 0 bridgehead atoms. The van der Waals surface area contributed by atoms with Gasteiger partial charge in [-0.1, -0.05) is 20.8 Å². The molecule has 2 aromatic heterocycles. The Morgan fingerprint density at radius 2 is 2.18 bits per heavy atom. The normalized spacial score (nSPS) is 16.6. The first kappa shape index (κ1) is 22.6. The minimum atomic E-state index is 0. The molecule has 9 nitrogen and oxygen atoms in total. The van der Waals surface area contributed by atoms with Crippen LogP contribution in [0.5, 0.6) is 0 Å². The van der Waals surface area contributed by atoms with Crippen molar-refractivity contribution in [3.63, 3.8) is 0 Å². The summed E-state index contributed by atoms with van der Waals surface area (Å²) in [6.07, 6.45) is 4.63. The lowest BCUT2D eigenvalue weighted by atomic mass is 10.1. The van der Waals surface area contributed by atoms with E-state index in [0.29, 0.717) is 18.5 Å². The molecule has 1 aliphatic heterocycles. The van der Waals surface area contributed by atoms with Crippen LogP contribution < -0.4 is 10.6 Å². The Balaban J connectivity index is 0.00000280. The van der Waals surface area contributed by atoms with Crippen LogP contribution >= 0.6 is 24.0 Å². The van der Waals surface area contributed by atoms with Crippen LogP contribution in [0.25, 0.3) is 0 Å². The topological polar surface area (TPSA) is 97.8 Å². The Morgan fingerprint density at radius 3 is 2.89 bits per heavy atom. The molecule has 3 rings (SSSR count). The molecule has 0 aliphatic carbocycles. The predicted molar refractivity (Wildman–Crippen MR) is 120 cm³/mol. The lowest BCUT2D eigenvalue weighted by molar-refractivity contribution is 0.391. The van der Waals surface area contributed by atoms with Crippen LogP contribution in [0.3, 0.4) is 0 Å². The molecule has 0 fully saturated rings. The average molecular weight is 501 g/mol. The zero-order valence-electron chi connectivity index (χ0n) is 17.2. The summed E-state index contributed by atoms with van der Waals surface area (Å²) >= 11 is 0. The minimum absolute atomic E-state index is 0. The molecule has 156 valence electrons. The van der Waals surface area contributed by atoms with Crippen LogP contribution in [-0.2, 0) is 25.9 Å². The van der Waals surface area contributed by atoms with Gasteiger partial charge in [-0.15, -0.1) is 34.2 Å². The Hall–Kier alpha value is -1.72. The summed E-state index contributed by atoms with van der Waals surface area (Å²) in [6.45, 7) is 11.5. The van der Waals surface area contributed by atoms with E-state index in [-0.39, 0.29) is 24.0 Å². The third kappa shape index (κ3) is 5.65. The largest absolute Gasteiger partial charge is 0.357 e. The first-order chi connectivity index (χ1) is 13.1. The molecular weight excluding hydrogens is 469 g/mol. The van der Waals surface area contributed by atoms with E-state index in [1.807, 2.05) is 4.68 Å². The molecule has 1 atom stereocenters. The van der Waals surface area contributed by atoms with E-state index in [4.69, 9.17) is 4.99 Å². The molecule has 2 N–H and O–H groups in total. The zero-order valence-corrected chi connectivity index (χ0v) is 19.6. The molecule has 28 heavy (non-hydrogen) atoms. The number of rotatable bonds is 7. The van der Waals surface area contributed by atoms with E-state index in [1.165, 1.54) is 0 Å². The van der Waals surface area contributed by atoms with Gasteiger partial charge in [-0.3, -0.25) is 4.99 Å². The molecule has 0 aromatic carbocycles. The van der Waals surface area contributed by atoms with Gasteiger partial charge in [0.05, 0.1) is 13.1 Å². The highest BCUT2D eigenvalue weighted by Crippen LogP contribution is 2.16. The Kier molecular flexibility index (Phi) is 8.64. The van der Waals surface area contributed by atoms with Crippen molar-refractivity contribution in [2.75, 3.05) is 13.1 Å². The van der Waals surface area contributed by atoms with Crippen LogP contribution in [0, 0.1) is 0 Å². The van der Waals surface area contributed by atoms with Gasteiger partial charge in [0, 0.05) is 37.9 Å².